The number of Topliss-reactive ketones (excluding diaryl/α,β-unsaturated/α-hetero) is 1. The monoisotopic (exact) mass is 1130 g/mol. The van der Waals surface area contributed by atoms with Crippen LogP contribution in [-0.4, -0.2) is 115 Å². The maximum absolute atomic E-state index is 14.5. The van der Waals surface area contributed by atoms with Crippen LogP contribution in [0.5, 0.6) is 0 Å². The summed E-state index contributed by atoms with van der Waals surface area (Å²) in [6.07, 6.45) is 11.9. The van der Waals surface area contributed by atoms with E-state index in [1.165, 1.54) is 5.57 Å². The summed E-state index contributed by atoms with van der Waals surface area (Å²) in [4.78, 5) is 14.5. The van der Waals surface area contributed by atoms with Gasteiger partial charge in [0.15, 0.2) is 22.9 Å². The zero-order chi connectivity index (χ0) is 51.5. The first-order valence-electron chi connectivity index (χ1n) is 27.7. The first-order chi connectivity index (χ1) is 32.7. The van der Waals surface area contributed by atoms with Gasteiger partial charge in [0.25, 0.3) is 0 Å². The number of ether oxygens (including phenoxy) is 7. The van der Waals surface area contributed by atoms with E-state index in [0.717, 1.165) is 76.2 Å². The van der Waals surface area contributed by atoms with Crippen LogP contribution in [0.1, 0.15) is 160 Å². The molecule has 6 aliphatic rings. The summed E-state index contributed by atoms with van der Waals surface area (Å²) in [7, 11) is -4.41. The van der Waals surface area contributed by atoms with Gasteiger partial charge in [-0.3, -0.25) is 4.79 Å². The van der Waals surface area contributed by atoms with Gasteiger partial charge >= 0.3 is 0 Å². The van der Waals surface area contributed by atoms with Crippen molar-refractivity contribution in [2.45, 2.75) is 275 Å². The van der Waals surface area contributed by atoms with E-state index in [2.05, 4.69) is 148 Å². The second-order valence-electron chi connectivity index (χ2n) is 25.9. The third-order valence-electron chi connectivity index (χ3n) is 18.5. The van der Waals surface area contributed by atoms with Gasteiger partial charge in [0, 0.05) is 31.6 Å². The second-order valence-corrected chi connectivity index (χ2v) is 36.1. The molecule has 0 spiro atoms. The molecule has 17 atom stereocenters. The molecule has 0 aromatic rings. The molecule has 0 saturated carbocycles. The molecular weight excluding hydrogens is 1030 g/mol. The highest BCUT2D eigenvalue weighted by molar-refractivity contribution is 14.1. The Balaban J connectivity index is 1.11. The van der Waals surface area contributed by atoms with Crippen molar-refractivity contribution in [3.63, 3.8) is 0 Å². The molecule has 0 N–H and O–H groups in total. The molecule has 0 bridgehead atoms. The van der Waals surface area contributed by atoms with Crippen LogP contribution in [0.3, 0.4) is 0 Å². The van der Waals surface area contributed by atoms with Crippen LogP contribution < -0.4 is 0 Å². The molecule has 0 aromatic carbocycles. The summed E-state index contributed by atoms with van der Waals surface area (Å²) in [6.45, 7) is 44.9. The Morgan fingerprint density at radius 1 is 0.800 bits per heavy atom. The zero-order valence-corrected chi connectivity index (χ0v) is 50.7. The van der Waals surface area contributed by atoms with Crippen molar-refractivity contribution < 1.29 is 46.8 Å². The van der Waals surface area contributed by atoms with Crippen molar-refractivity contribution in [1.29, 1.82) is 0 Å². The van der Waals surface area contributed by atoms with E-state index in [0.29, 0.717) is 37.9 Å². The Kier molecular flexibility index (Phi) is 20.9. The zero-order valence-electron chi connectivity index (χ0n) is 46.5. The summed E-state index contributed by atoms with van der Waals surface area (Å²) in [6, 6.07) is 0. The molecule has 13 heteroatoms. The van der Waals surface area contributed by atoms with Gasteiger partial charge in [-0.1, -0.05) is 118 Å². The first-order valence-corrected chi connectivity index (χ1v) is 34.8. The lowest BCUT2D eigenvalue weighted by Gasteiger charge is -2.54. The van der Waals surface area contributed by atoms with Gasteiger partial charge in [0.05, 0.1) is 80.4 Å². The number of ketones is 1. The predicted molar refractivity (Wildman–Crippen MR) is 295 cm³/mol. The predicted octanol–water partition coefficient (Wildman–Crippen LogP) is 13.9. The SMILES string of the molecule is C=C1C[C@H](CCC2OCCO2)O[C@H]1CC[C@H]1C[C@H](C)C(=C)[C@@H](C[C@@H]2O[C@H](C[C@H](C)CC)[C@@H](C)[C@H]2CC(=O)C[C@H]2CC[C@@H]3O[C@H]([C@H](/C=C/I)O[Si](C)(C)C(C)(C)C)[C@@H](O[Si](C)(C)C(C)(C)C)[C@@H](C)[C@@H]3O2)O1. The largest absolute Gasteiger partial charge is 0.411 e. The molecule has 6 aliphatic heterocycles. The Hall–Kier alpha value is -0.306. The summed E-state index contributed by atoms with van der Waals surface area (Å²) in [5.74, 6) is 1.54. The Labute approximate surface area is 442 Å². The fourth-order valence-corrected chi connectivity index (χ4v) is 14.6. The van der Waals surface area contributed by atoms with Gasteiger partial charge in [-0.2, -0.15) is 0 Å². The second kappa shape index (κ2) is 24.8. The topological polar surface area (TPSA) is 100 Å². The van der Waals surface area contributed by atoms with Crippen molar-refractivity contribution in [3.8, 4) is 0 Å². The lowest BCUT2D eigenvalue weighted by atomic mass is 9.78. The molecule has 10 nitrogen and oxygen atoms in total. The number of hydrogen-bond acceptors (Lipinski definition) is 10. The molecule has 6 saturated heterocycles. The molecular formula is C57H99IO10Si2. The van der Waals surface area contributed by atoms with Crippen LogP contribution >= 0.6 is 22.6 Å². The Morgan fingerprint density at radius 3 is 2.10 bits per heavy atom. The van der Waals surface area contributed by atoms with Gasteiger partial charge in [-0.05, 0) is 133 Å². The van der Waals surface area contributed by atoms with Crippen LogP contribution in [0, 0.1) is 29.6 Å². The van der Waals surface area contributed by atoms with E-state index in [9.17, 15) is 4.79 Å². The van der Waals surface area contributed by atoms with E-state index >= 15 is 0 Å². The van der Waals surface area contributed by atoms with Crippen molar-refractivity contribution in [2.24, 2.45) is 29.6 Å². The molecule has 0 aliphatic carbocycles. The molecule has 402 valence electrons. The lowest BCUT2D eigenvalue weighted by molar-refractivity contribution is -0.251. The standard InChI is InChI=1S/C57H99IO10Si2/c1-18-35(2)29-49-39(6)45(51(65-49)34-50-38(5)36(3)30-42(63-50)19-22-46-37(4)31-43(62-46)21-24-52-60-27-28-61-52)33-41(59)32-44-20-23-47-53(64-44)40(7)54(68-70(16,17)57(11,12)13)55(66-47)48(25-26-58)67-69(14,15)56(8,9)10/h25-26,35-36,39-40,42-55H,4-5,18-24,27-34H2,1-3,6-17H3/b26-25+/t35-,36+,39+,40+,42+,43+,44-,45-,46+,47+,48+,49-,50-,51+,53+,54+,55-/m1/s1. The van der Waals surface area contributed by atoms with E-state index in [4.69, 9.17) is 42.0 Å². The maximum atomic E-state index is 14.5. The van der Waals surface area contributed by atoms with Crippen molar-refractivity contribution >= 4 is 45.0 Å². The maximum Gasteiger partial charge on any atom is 0.193 e. The quantitative estimate of drug-likeness (QED) is 0.0627. The summed E-state index contributed by atoms with van der Waals surface area (Å²) in [5, 5.41) is 0.0579. The fourth-order valence-electron chi connectivity index (χ4n) is 11.5. The van der Waals surface area contributed by atoms with Gasteiger partial charge < -0.3 is 42.0 Å². The molecule has 6 heterocycles. The van der Waals surface area contributed by atoms with Crippen LogP contribution in [0.2, 0.25) is 36.3 Å². The van der Waals surface area contributed by atoms with Gasteiger partial charge in [-0.25, -0.2) is 0 Å². The van der Waals surface area contributed by atoms with Crippen LogP contribution in [-0.2, 0) is 46.8 Å². The molecule has 70 heavy (non-hydrogen) atoms. The van der Waals surface area contributed by atoms with Crippen molar-refractivity contribution in [2.75, 3.05) is 13.2 Å². The number of carbonyl (C=O) groups excluding carboxylic acids is 1. The summed E-state index contributed by atoms with van der Waals surface area (Å²) in [5.41, 5.74) is 2.33. The highest BCUT2D eigenvalue weighted by Crippen LogP contribution is 2.47. The lowest BCUT2D eigenvalue weighted by Crippen LogP contribution is -2.64. The molecule has 0 unspecified atom stereocenters. The normalized spacial score (nSPS) is 37.1. The summed E-state index contributed by atoms with van der Waals surface area (Å²) >= 11 is 2.32. The molecule has 0 amide bonds. The van der Waals surface area contributed by atoms with Crippen LogP contribution in [0.15, 0.2) is 34.5 Å². The smallest absolute Gasteiger partial charge is 0.193 e. The number of halogens is 1. The average Bonchev–Trinajstić information content (AvgIpc) is 4.00. The van der Waals surface area contributed by atoms with Crippen LogP contribution in [0.25, 0.3) is 0 Å². The highest BCUT2D eigenvalue weighted by atomic mass is 127. The number of hydrogen-bond donors (Lipinski definition) is 0. The Morgan fingerprint density at radius 2 is 1.46 bits per heavy atom. The third-order valence-corrected chi connectivity index (χ3v) is 27.9. The minimum absolute atomic E-state index is 0.0144. The van der Waals surface area contributed by atoms with E-state index in [1.807, 2.05) is 0 Å². The Bertz CT molecular complexity index is 1750. The van der Waals surface area contributed by atoms with Crippen molar-refractivity contribution in [3.05, 3.63) is 34.5 Å². The number of carbonyl (C=O) groups is 1. The minimum atomic E-state index is -2.24. The van der Waals surface area contributed by atoms with E-state index in [-0.39, 0.29) is 113 Å². The van der Waals surface area contributed by atoms with Gasteiger partial charge in [0.2, 0.25) is 0 Å². The number of rotatable bonds is 21. The molecule has 6 rings (SSSR count). The number of fused-ring (bicyclic) bond motifs is 1. The van der Waals surface area contributed by atoms with Gasteiger partial charge in [-0.15, -0.1) is 0 Å². The van der Waals surface area contributed by atoms with E-state index in [1.54, 1.807) is 0 Å². The summed E-state index contributed by atoms with van der Waals surface area (Å²) < 4.78 is 62.8. The van der Waals surface area contributed by atoms with E-state index < -0.39 is 16.6 Å². The molecule has 6 fully saturated rings. The minimum Gasteiger partial charge on any atom is -0.411 e. The first kappa shape index (κ1) is 58.9. The molecule has 0 aromatic heterocycles. The third kappa shape index (κ3) is 14.8. The molecule has 0 radical (unpaired) electrons. The fraction of sp³-hybridized carbons (Fsp3) is 0.877. The van der Waals surface area contributed by atoms with Gasteiger partial charge in [0.1, 0.15) is 11.9 Å². The highest BCUT2D eigenvalue weighted by Gasteiger charge is 2.54. The average molecular weight is 1130 g/mol. The van der Waals surface area contributed by atoms with Crippen molar-refractivity contribution in [1.82, 2.24) is 0 Å². The van der Waals surface area contributed by atoms with Crippen LogP contribution in [0.4, 0.5) is 0 Å².